The topological polar surface area (TPSA) is 58.6 Å². The molecule has 0 radical (unpaired) electrons. The standard InChI is InChI=1S/C23H38N4O3.HI/c1-24-23(26(2)9-6-20-7-13-28-14-8-20)25-19-21-4-3-5-22(18-21)30-17-12-27-10-15-29-16-11-27;/h3-5,18,20H,6-17,19H2,1-2H3,(H,24,25);1H. The van der Waals surface area contributed by atoms with Crippen molar-refractivity contribution < 1.29 is 14.2 Å². The molecule has 0 spiro atoms. The molecule has 0 saturated carbocycles. The van der Waals surface area contributed by atoms with Crippen LogP contribution in [0.1, 0.15) is 24.8 Å². The molecule has 0 bridgehead atoms. The van der Waals surface area contributed by atoms with Gasteiger partial charge in [0.2, 0.25) is 0 Å². The molecule has 7 nitrogen and oxygen atoms in total. The van der Waals surface area contributed by atoms with Gasteiger partial charge in [0.15, 0.2) is 5.96 Å². The molecule has 0 aliphatic carbocycles. The van der Waals surface area contributed by atoms with Gasteiger partial charge in [0.25, 0.3) is 0 Å². The van der Waals surface area contributed by atoms with Crippen LogP contribution >= 0.6 is 24.0 Å². The molecule has 1 N–H and O–H groups in total. The SMILES string of the molecule is CN=C(NCc1cccc(OCCN2CCOCC2)c1)N(C)CCC1CCOCC1.I. The number of nitrogens with zero attached hydrogens (tertiary/aromatic N) is 3. The molecule has 0 atom stereocenters. The second-order valence-corrected chi connectivity index (χ2v) is 8.12. The Kier molecular flexibility index (Phi) is 12.5. The summed E-state index contributed by atoms with van der Waals surface area (Å²) in [6, 6.07) is 8.31. The van der Waals surface area contributed by atoms with Gasteiger partial charge >= 0.3 is 0 Å². The van der Waals surface area contributed by atoms with Crippen LogP contribution in [0.3, 0.4) is 0 Å². The van der Waals surface area contributed by atoms with Gasteiger partial charge in [0.05, 0.1) is 13.2 Å². The smallest absolute Gasteiger partial charge is 0.193 e. The summed E-state index contributed by atoms with van der Waals surface area (Å²) in [6.07, 6.45) is 3.55. The number of morpholine rings is 1. The predicted octanol–water partition coefficient (Wildman–Crippen LogP) is 2.84. The van der Waals surface area contributed by atoms with E-state index in [-0.39, 0.29) is 24.0 Å². The van der Waals surface area contributed by atoms with E-state index in [1.54, 1.807) is 0 Å². The third kappa shape index (κ3) is 9.51. The minimum absolute atomic E-state index is 0. The van der Waals surface area contributed by atoms with Crippen molar-refractivity contribution in [3.05, 3.63) is 29.8 Å². The van der Waals surface area contributed by atoms with E-state index in [2.05, 4.69) is 45.4 Å². The van der Waals surface area contributed by atoms with Crippen molar-refractivity contribution in [2.45, 2.75) is 25.8 Å². The summed E-state index contributed by atoms with van der Waals surface area (Å²) in [6.45, 7) is 8.84. The van der Waals surface area contributed by atoms with Gasteiger partial charge in [-0.2, -0.15) is 0 Å². The molecule has 2 heterocycles. The minimum Gasteiger partial charge on any atom is -0.492 e. The molecule has 2 fully saturated rings. The first-order valence-electron chi connectivity index (χ1n) is 11.3. The first-order chi connectivity index (χ1) is 14.7. The quantitative estimate of drug-likeness (QED) is 0.292. The highest BCUT2D eigenvalue weighted by Gasteiger charge is 2.15. The number of hydrogen-bond donors (Lipinski definition) is 1. The van der Waals surface area contributed by atoms with E-state index in [1.165, 1.54) is 24.8 Å². The van der Waals surface area contributed by atoms with E-state index < -0.39 is 0 Å². The van der Waals surface area contributed by atoms with Crippen molar-refractivity contribution in [2.24, 2.45) is 10.9 Å². The molecular weight excluding hydrogens is 507 g/mol. The van der Waals surface area contributed by atoms with Crippen LogP contribution in [0.5, 0.6) is 5.75 Å². The van der Waals surface area contributed by atoms with Crippen molar-refractivity contribution in [1.82, 2.24) is 15.1 Å². The first-order valence-corrected chi connectivity index (χ1v) is 11.3. The number of ether oxygens (including phenoxy) is 3. The van der Waals surface area contributed by atoms with Gasteiger partial charge in [0, 0.05) is 60.0 Å². The summed E-state index contributed by atoms with van der Waals surface area (Å²) in [7, 11) is 3.96. The highest BCUT2D eigenvalue weighted by molar-refractivity contribution is 14.0. The van der Waals surface area contributed by atoms with Crippen molar-refractivity contribution >= 4 is 29.9 Å². The maximum Gasteiger partial charge on any atom is 0.193 e. The number of guanidine groups is 1. The van der Waals surface area contributed by atoms with E-state index >= 15 is 0 Å². The average molecular weight is 546 g/mol. The number of nitrogens with one attached hydrogen (secondary N) is 1. The summed E-state index contributed by atoms with van der Waals surface area (Å²) in [5.41, 5.74) is 1.19. The van der Waals surface area contributed by atoms with Crippen LogP contribution < -0.4 is 10.1 Å². The molecule has 0 aromatic heterocycles. The number of rotatable bonds is 9. The van der Waals surface area contributed by atoms with Crippen LogP contribution in [0.15, 0.2) is 29.3 Å². The van der Waals surface area contributed by atoms with Crippen LogP contribution in [0.2, 0.25) is 0 Å². The van der Waals surface area contributed by atoms with Crippen LogP contribution in [0, 0.1) is 5.92 Å². The zero-order chi connectivity index (χ0) is 21.0. The summed E-state index contributed by atoms with van der Waals surface area (Å²) in [5.74, 6) is 2.62. The van der Waals surface area contributed by atoms with Gasteiger partial charge in [0.1, 0.15) is 12.4 Å². The van der Waals surface area contributed by atoms with Crippen LogP contribution in [-0.4, -0.2) is 89.1 Å². The molecule has 2 saturated heterocycles. The maximum absolute atomic E-state index is 5.97. The molecular formula is C23H39IN4O3. The molecule has 31 heavy (non-hydrogen) atoms. The van der Waals surface area contributed by atoms with E-state index in [0.29, 0.717) is 6.61 Å². The predicted molar refractivity (Wildman–Crippen MR) is 136 cm³/mol. The van der Waals surface area contributed by atoms with Crippen LogP contribution in [-0.2, 0) is 16.0 Å². The Morgan fingerprint density at radius 2 is 1.94 bits per heavy atom. The lowest BCUT2D eigenvalue weighted by atomic mass is 9.96. The Balaban J connectivity index is 0.00000341. The Morgan fingerprint density at radius 1 is 1.19 bits per heavy atom. The second-order valence-electron chi connectivity index (χ2n) is 8.12. The molecule has 176 valence electrons. The molecule has 1 aromatic carbocycles. The maximum atomic E-state index is 5.97. The Hall–Kier alpha value is -1.10. The molecule has 8 heteroatoms. The van der Waals surface area contributed by atoms with Gasteiger partial charge in [-0.1, -0.05) is 12.1 Å². The third-order valence-corrected chi connectivity index (χ3v) is 5.92. The lowest BCUT2D eigenvalue weighted by molar-refractivity contribution is 0.0322. The molecule has 3 rings (SSSR count). The average Bonchev–Trinajstić information content (AvgIpc) is 2.80. The van der Waals surface area contributed by atoms with Crippen LogP contribution in [0.25, 0.3) is 0 Å². The lowest BCUT2D eigenvalue weighted by Gasteiger charge is -2.27. The summed E-state index contributed by atoms with van der Waals surface area (Å²) >= 11 is 0. The van der Waals surface area contributed by atoms with E-state index in [9.17, 15) is 0 Å². The molecule has 2 aliphatic rings. The molecule has 2 aliphatic heterocycles. The summed E-state index contributed by atoms with van der Waals surface area (Å²) in [4.78, 5) is 9.05. The fourth-order valence-electron chi connectivity index (χ4n) is 3.95. The van der Waals surface area contributed by atoms with Gasteiger partial charge < -0.3 is 24.4 Å². The summed E-state index contributed by atoms with van der Waals surface area (Å²) in [5, 5.41) is 3.48. The normalized spacial score (nSPS) is 18.3. The van der Waals surface area contributed by atoms with Gasteiger partial charge in [-0.15, -0.1) is 24.0 Å². The summed E-state index contributed by atoms with van der Waals surface area (Å²) < 4.78 is 16.8. The fourth-order valence-corrected chi connectivity index (χ4v) is 3.95. The Bertz CT molecular complexity index is 649. The van der Waals surface area contributed by atoms with Crippen molar-refractivity contribution in [3.63, 3.8) is 0 Å². The number of aliphatic imine (C=N–C) groups is 1. The number of hydrogen-bond acceptors (Lipinski definition) is 5. The zero-order valence-electron chi connectivity index (χ0n) is 19.1. The first kappa shape index (κ1) is 26.2. The van der Waals surface area contributed by atoms with Crippen molar-refractivity contribution in [2.75, 3.05) is 73.3 Å². The molecule has 1 aromatic rings. The van der Waals surface area contributed by atoms with E-state index in [1.807, 2.05) is 13.1 Å². The monoisotopic (exact) mass is 546 g/mol. The fraction of sp³-hybridized carbons (Fsp3) is 0.696. The second kappa shape index (κ2) is 14.9. The largest absolute Gasteiger partial charge is 0.492 e. The van der Waals surface area contributed by atoms with Crippen molar-refractivity contribution in [1.29, 1.82) is 0 Å². The highest BCUT2D eigenvalue weighted by Crippen LogP contribution is 2.18. The van der Waals surface area contributed by atoms with Gasteiger partial charge in [-0.25, -0.2) is 0 Å². The van der Waals surface area contributed by atoms with Crippen molar-refractivity contribution in [3.8, 4) is 5.75 Å². The van der Waals surface area contributed by atoms with Crippen LogP contribution in [0.4, 0.5) is 0 Å². The highest BCUT2D eigenvalue weighted by atomic mass is 127. The third-order valence-electron chi connectivity index (χ3n) is 5.92. The minimum atomic E-state index is 0. The molecule has 0 amide bonds. The van der Waals surface area contributed by atoms with Gasteiger partial charge in [-0.3, -0.25) is 9.89 Å². The van der Waals surface area contributed by atoms with Gasteiger partial charge in [-0.05, 0) is 42.9 Å². The Morgan fingerprint density at radius 3 is 2.68 bits per heavy atom. The lowest BCUT2D eigenvalue weighted by Crippen LogP contribution is -2.39. The number of halogens is 1. The Labute approximate surface area is 204 Å². The molecule has 0 unspecified atom stereocenters. The van der Waals surface area contributed by atoms with E-state index in [0.717, 1.165) is 76.8 Å². The number of benzene rings is 1. The zero-order valence-corrected chi connectivity index (χ0v) is 21.4. The van der Waals surface area contributed by atoms with E-state index in [4.69, 9.17) is 14.2 Å².